The molecule has 0 aliphatic heterocycles. The Hall–Kier alpha value is -1.42. The third-order valence-corrected chi connectivity index (χ3v) is 5.61. The van der Waals surface area contributed by atoms with E-state index in [1.165, 1.54) is 12.8 Å². The van der Waals surface area contributed by atoms with E-state index in [9.17, 15) is 14.7 Å². The third-order valence-electron chi connectivity index (χ3n) is 5.61. The van der Waals surface area contributed by atoms with Crippen LogP contribution in [-0.4, -0.2) is 28.1 Å². The molecule has 0 aromatic carbocycles. The minimum Gasteiger partial charge on any atom is -0.481 e. The van der Waals surface area contributed by atoms with E-state index in [1.54, 1.807) is 0 Å². The molecule has 1 rings (SSSR count). The van der Waals surface area contributed by atoms with Crippen LogP contribution in [0.5, 0.6) is 0 Å². The average Bonchev–Trinajstić information content (AvgIpc) is 2.98. The second-order valence-electron chi connectivity index (χ2n) is 7.83. The lowest BCUT2D eigenvalue weighted by molar-refractivity contribution is -0.136. The number of ketones is 1. The molecule has 4 heteroatoms. The highest BCUT2D eigenvalue weighted by molar-refractivity contribution is 5.83. The molecule has 0 bridgehead atoms. The molecule has 0 saturated heterocycles. The van der Waals surface area contributed by atoms with Crippen molar-refractivity contribution >= 4 is 11.8 Å². The quantitative estimate of drug-likeness (QED) is 0.317. The predicted octanol–water partition coefficient (Wildman–Crippen LogP) is 5.31. The van der Waals surface area contributed by atoms with Crippen LogP contribution in [0.25, 0.3) is 0 Å². The molecule has 0 heterocycles. The van der Waals surface area contributed by atoms with Gasteiger partial charge in [-0.05, 0) is 43.9 Å². The van der Waals surface area contributed by atoms with E-state index in [0.717, 1.165) is 32.1 Å². The Labute approximate surface area is 164 Å². The maximum absolute atomic E-state index is 12.2. The first-order valence-electron chi connectivity index (χ1n) is 10.7. The first-order valence-corrected chi connectivity index (χ1v) is 10.7. The molecule has 1 saturated carbocycles. The predicted molar refractivity (Wildman–Crippen MR) is 110 cm³/mol. The first-order chi connectivity index (χ1) is 13.0. The lowest BCUT2D eigenvalue weighted by Crippen LogP contribution is -2.19. The minimum absolute atomic E-state index is 0.0285. The van der Waals surface area contributed by atoms with Gasteiger partial charge in [-0.2, -0.15) is 0 Å². The van der Waals surface area contributed by atoms with Gasteiger partial charge in [-0.1, -0.05) is 63.8 Å². The SMILES string of the molecule is CCCCCC(CCC)C(O)C=C[C@@H]1CCC(=O)[C@H]1C/C=C\CCC(=O)O. The summed E-state index contributed by atoms with van der Waals surface area (Å²) < 4.78 is 0. The highest BCUT2D eigenvalue weighted by Crippen LogP contribution is 2.33. The molecule has 1 fully saturated rings. The zero-order chi connectivity index (χ0) is 20.1. The number of hydrogen-bond acceptors (Lipinski definition) is 3. The van der Waals surface area contributed by atoms with Crippen molar-refractivity contribution in [1.29, 1.82) is 0 Å². The van der Waals surface area contributed by atoms with Crippen LogP contribution in [0, 0.1) is 17.8 Å². The second-order valence-corrected chi connectivity index (χ2v) is 7.83. The summed E-state index contributed by atoms with van der Waals surface area (Å²) in [5.41, 5.74) is 0. The molecule has 4 atom stereocenters. The fourth-order valence-corrected chi connectivity index (χ4v) is 3.97. The van der Waals surface area contributed by atoms with Crippen LogP contribution >= 0.6 is 0 Å². The number of unbranched alkanes of at least 4 members (excludes halogenated alkanes) is 2. The molecule has 0 spiro atoms. The summed E-state index contributed by atoms with van der Waals surface area (Å²) in [5, 5.41) is 19.3. The van der Waals surface area contributed by atoms with Gasteiger partial charge in [0.15, 0.2) is 0 Å². The summed E-state index contributed by atoms with van der Waals surface area (Å²) in [7, 11) is 0. The van der Waals surface area contributed by atoms with Crippen LogP contribution < -0.4 is 0 Å². The molecule has 0 aromatic heterocycles. The number of aliphatic hydroxyl groups excluding tert-OH is 1. The van der Waals surface area contributed by atoms with Crippen molar-refractivity contribution in [1.82, 2.24) is 0 Å². The zero-order valence-electron chi connectivity index (χ0n) is 17.1. The number of allylic oxidation sites excluding steroid dienone is 3. The van der Waals surface area contributed by atoms with E-state index >= 15 is 0 Å². The topological polar surface area (TPSA) is 74.6 Å². The van der Waals surface area contributed by atoms with Gasteiger partial charge in [-0.3, -0.25) is 9.59 Å². The van der Waals surface area contributed by atoms with E-state index in [-0.39, 0.29) is 24.0 Å². The smallest absolute Gasteiger partial charge is 0.303 e. The highest BCUT2D eigenvalue weighted by Gasteiger charge is 2.32. The Morgan fingerprint density at radius 1 is 1.19 bits per heavy atom. The van der Waals surface area contributed by atoms with Gasteiger partial charge in [0.25, 0.3) is 0 Å². The Balaban J connectivity index is 2.56. The van der Waals surface area contributed by atoms with Crippen LogP contribution in [0.3, 0.4) is 0 Å². The Bertz CT molecular complexity index is 495. The average molecular weight is 379 g/mol. The van der Waals surface area contributed by atoms with Crippen LogP contribution in [0.2, 0.25) is 0 Å². The van der Waals surface area contributed by atoms with Crippen LogP contribution in [-0.2, 0) is 9.59 Å². The third kappa shape index (κ3) is 9.37. The minimum atomic E-state index is -0.799. The zero-order valence-corrected chi connectivity index (χ0v) is 17.1. The molecular formula is C23H38O4. The monoisotopic (exact) mass is 378 g/mol. The van der Waals surface area contributed by atoms with Gasteiger partial charge in [0, 0.05) is 18.8 Å². The number of aliphatic carboxylic acids is 1. The van der Waals surface area contributed by atoms with Crippen molar-refractivity contribution in [2.24, 2.45) is 17.8 Å². The maximum atomic E-state index is 12.2. The second kappa shape index (κ2) is 13.7. The van der Waals surface area contributed by atoms with E-state index in [4.69, 9.17) is 5.11 Å². The molecule has 2 unspecified atom stereocenters. The fraction of sp³-hybridized carbons (Fsp3) is 0.739. The van der Waals surface area contributed by atoms with Crippen LogP contribution in [0.15, 0.2) is 24.3 Å². The fourth-order valence-electron chi connectivity index (χ4n) is 3.97. The van der Waals surface area contributed by atoms with E-state index < -0.39 is 12.1 Å². The number of hydrogen-bond donors (Lipinski definition) is 2. The summed E-state index contributed by atoms with van der Waals surface area (Å²) in [6.45, 7) is 4.35. The van der Waals surface area contributed by atoms with Crippen molar-refractivity contribution in [3.63, 3.8) is 0 Å². The number of carbonyl (C=O) groups excluding carboxylic acids is 1. The highest BCUT2D eigenvalue weighted by atomic mass is 16.4. The summed E-state index contributed by atoms with van der Waals surface area (Å²) in [4.78, 5) is 22.7. The molecule has 2 N–H and O–H groups in total. The molecule has 0 amide bonds. The number of Topliss-reactive ketones (excluding diaryl/α,β-unsaturated/α-hetero) is 1. The van der Waals surface area contributed by atoms with Gasteiger partial charge < -0.3 is 10.2 Å². The summed E-state index contributed by atoms with van der Waals surface area (Å²) in [5.74, 6) is -0.0419. The van der Waals surface area contributed by atoms with Gasteiger partial charge in [-0.25, -0.2) is 0 Å². The lowest BCUT2D eigenvalue weighted by atomic mass is 9.88. The molecule has 1 aliphatic carbocycles. The maximum Gasteiger partial charge on any atom is 0.303 e. The Kier molecular flexibility index (Phi) is 12.0. The molecule has 1 aliphatic rings. The molecule has 27 heavy (non-hydrogen) atoms. The Morgan fingerprint density at radius 2 is 1.96 bits per heavy atom. The lowest BCUT2D eigenvalue weighted by Gasteiger charge is -2.21. The molecule has 4 nitrogen and oxygen atoms in total. The molecular weight excluding hydrogens is 340 g/mol. The van der Waals surface area contributed by atoms with Crippen molar-refractivity contribution in [2.75, 3.05) is 0 Å². The van der Waals surface area contributed by atoms with Gasteiger partial charge >= 0.3 is 5.97 Å². The van der Waals surface area contributed by atoms with Crippen LogP contribution in [0.1, 0.15) is 84.5 Å². The van der Waals surface area contributed by atoms with Gasteiger partial charge in [0.2, 0.25) is 0 Å². The number of carboxylic acids is 1. The van der Waals surface area contributed by atoms with Crippen molar-refractivity contribution < 1.29 is 19.8 Å². The summed E-state index contributed by atoms with van der Waals surface area (Å²) in [6, 6.07) is 0. The van der Waals surface area contributed by atoms with Crippen molar-refractivity contribution in [2.45, 2.75) is 90.6 Å². The van der Waals surface area contributed by atoms with Gasteiger partial charge in [0.05, 0.1) is 6.10 Å². The first kappa shape index (κ1) is 23.6. The Morgan fingerprint density at radius 3 is 2.63 bits per heavy atom. The van der Waals surface area contributed by atoms with E-state index in [1.807, 2.05) is 18.2 Å². The summed E-state index contributed by atoms with van der Waals surface area (Å²) in [6.07, 6.45) is 16.9. The molecule has 154 valence electrons. The van der Waals surface area contributed by atoms with E-state index in [0.29, 0.717) is 25.2 Å². The summed E-state index contributed by atoms with van der Waals surface area (Å²) >= 11 is 0. The number of rotatable bonds is 14. The molecule has 0 aromatic rings. The van der Waals surface area contributed by atoms with Gasteiger partial charge in [0.1, 0.15) is 5.78 Å². The standard InChI is InChI=1S/C23H38O4/c1-3-5-7-11-19(10-4-2)21(24)16-14-18-15-17-22(25)20(18)12-8-6-9-13-23(26)27/h6,8,14,16,18-21,24H,3-5,7,9-13,15,17H2,1-2H3,(H,26,27)/b8-6-,16-14?/t18-,19?,20+,21?/m1/s1. The van der Waals surface area contributed by atoms with Crippen LogP contribution in [0.4, 0.5) is 0 Å². The van der Waals surface area contributed by atoms with Crippen molar-refractivity contribution in [3.05, 3.63) is 24.3 Å². The van der Waals surface area contributed by atoms with Crippen molar-refractivity contribution in [3.8, 4) is 0 Å². The number of carbonyl (C=O) groups is 2. The largest absolute Gasteiger partial charge is 0.481 e. The normalized spacial score (nSPS) is 22.7. The van der Waals surface area contributed by atoms with Gasteiger partial charge in [-0.15, -0.1) is 0 Å². The van der Waals surface area contributed by atoms with E-state index in [2.05, 4.69) is 19.9 Å². The number of aliphatic hydroxyl groups is 1. The number of carboxylic acid groups (broad SMARTS) is 1. The molecule has 0 radical (unpaired) electrons.